The average Bonchev–Trinajstić information content (AvgIpc) is 2.62. The molecule has 0 radical (unpaired) electrons. The van der Waals surface area contributed by atoms with Gasteiger partial charge in [-0.25, -0.2) is 4.39 Å². The summed E-state index contributed by atoms with van der Waals surface area (Å²) in [5.41, 5.74) is 3.73. The second kappa shape index (κ2) is 8.63. The van der Waals surface area contributed by atoms with Crippen LogP contribution in [0.5, 0.6) is 0 Å². The van der Waals surface area contributed by atoms with Crippen molar-refractivity contribution in [3.63, 3.8) is 0 Å². The number of nitrogens with zero attached hydrogens (tertiary/aromatic N) is 1. The molecular weight excluding hydrogens is 359 g/mol. The molecule has 1 aliphatic rings. The molecule has 0 spiro atoms. The van der Waals surface area contributed by atoms with E-state index in [0.717, 1.165) is 38.0 Å². The van der Waals surface area contributed by atoms with Gasteiger partial charge in [0.15, 0.2) is 0 Å². The molecule has 0 amide bonds. The molecule has 1 fully saturated rings. The van der Waals surface area contributed by atoms with E-state index in [1.807, 2.05) is 12.1 Å². The molecule has 148 valence electrons. The van der Waals surface area contributed by atoms with Gasteiger partial charge in [0.1, 0.15) is 5.82 Å². The monoisotopic (exact) mass is 390 g/mol. The fraction of sp³-hybridized carbons (Fsp3) is 0.455. The molecule has 3 nitrogen and oxygen atoms in total. The molecule has 2 aromatic rings. The fourth-order valence-corrected chi connectivity index (χ4v) is 4.95. The Hall–Kier alpha value is -1.56. The van der Waals surface area contributed by atoms with Crippen molar-refractivity contribution in [2.45, 2.75) is 38.3 Å². The van der Waals surface area contributed by atoms with Gasteiger partial charge in [-0.1, -0.05) is 46.5 Å². The van der Waals surface area contributed by atoms with Crippen molar-refractivity contribution in [1.82, 2.24) is 9.62 Å². The molecule has 1 atom stereocenters. The normalized spacial score (nSPS) is 18.4. The number of hydrogen-bond donors (Lipinski definition) is 2. The summed E-state index contributed by atoms with van der Waals surface area (Å²) in [5.74, 6) is 0.375. The third-order valence-corrected chi connectivity index (χ3v) is 6.33. The summed E-state index contributed by atoms with van der Waals surface area (Å²) in [6, 6.07) is 15.7. The molecule has 3 rings (SSSR count). The molecule has 0 unspecified atom stereocenters. The number of halogens is 1. The van der Waals surface area contributed by atoms with Crippen LogP contribution in [0.2, 0.25) is 0 Å². The minimum atomic E-state index is -2.24. The van der Waals surface area contributed by atoms with Gasteiger partial charge in [-0.3, -0.25) is 13.8 Å². The van der Waals surface area contributed by atoms with E-state index in [9.17, 15) is 8.60 Å². The summed E-state index contributed by atoms with van der Waals surface area (Å²) < 4.78 is 28.2. The van der Waals surface area contributed by atoms with Gasteiger partial charge in [-0.15, -0.1) is 0 Å². The van der Waals surface area contributed by atoms with Crippen LogP contribution in [0.1, 0.15) is 48.4 Å². The number of likely N-dealkylation sites (tertiary alicyclic amines) is 1. The van der Waals surface area contributed by atoms with Crippen LogP contribution < -0.4 is 4.72 Å². The maximum Gasteiger partial charge on any atom is 0.123 e. The predicted octanol–water partition coefficient (Wildman–Crippen LogP) is 4.05. The summed E-state index contributed by atoms with van der Waals surface area (Å²) in [7, 11) is -2.24. The van der Waals surface area contributed by atoms with Crippen LogP contribution >= 0.6 is 0 Å². The quantitative estimate of drug-likeness (QED) is 0.730. The third kappa shape index (κ3) is 5.96. The molecule has 1 aliphatic heterocycles. The van der Waals surface area contributed by atoms with Crippen molar-refractivity contribution in [3.8, 4) is 0 Å². The Morgan fingerprint density at radius 2 is 1.67 bits per heavy atom. The molecular formula is C22H31FN2OS. The van der Waals surface area contributed by atoms with Gasteiger partial charge in [0.05, 0.1) is 0 Å². The number of rotatable bonds is 6. The zero-order valence-electron chi connectivity index (χ0n) is 16.5. The Kier molecular flexibility index (Phi) is 6.45. The van der Waals surface area contributed by atoms with Gasteiger partial charge in [-0.2, -0.15) is 0 Å². The van der Waals surface area contributed by atoms with Gasteiger partial charge >= 0.3 is 0 Å². The van der Waals surface area contributed by atoms with Crippen molar-refractivity contribution < 1.29 is 8.60 Å². The zero-order chi connectivity index (χ0) is 19.4. The second-order valence-electron chi connectivity index (χ2n) is 8.05. The molecule has 5 heteroatoms. The largest absolute Gasteiger partial charge is 0.299 e. The summed E-state index contributed by atoms with van der Waals surface area (Å²) in [4.78, 5) is 2.49. The molecule has 1 N–H and O–H groups in total. The van der Waals surface area contributed by atoms with Gasteiger partial charge in [0, 0.05) is 25.1 Å². The Balaban J connectivity index is 1.51. The van der Waals surface area contributed by atoms with Gasteiger partial charge in [-0.05, 0) is 67.6 Å². The van der Waals surface area contributed by atoms with Crippen LogP contribution in [0, 0.1) is 5.82 Å². The number of hydrogen-bond acceptors (Lipinski definition) is 2. The minimum Gasteiger partial charge on any atom is -0.299 e. The Morgan fingerprint density at radius 3 is 2.22 bits per heavy atom. The first-order valence-corrected chi connectivity index (χ1v) is 12.3. The third-order valence-electron chi connectivity index (χ3n) is 5.32. The lowest BCUT2D eigenvalue weighted by molar-refractivity contribution is 0.204. The first-order valence-electron chi connectivity index (χ1n) is 9.69. The van der Waals surface area contributed by atoms with Crippen LogP contribution in [0.4, 0.5) is 4.39 Å². The number of piperidine rings is 1. The van der Waals surface area contributed by atoms with E-state index in [0.29, 0.717) is 5.92 Å². The SMILES string of the molecule is C[C@@H](N[SH](C)(C)=O)c1ccc(CN2CCC(c3ccc(F)cc3)CC2)cc1. The van der Waals surface area contributed by atoms with E-state index < -0.39 is 10.1 Å². The highest BCUT2D eigenvalue weighted by Gasteiger charge is 2.20. The number of thiol groups is 1. The molecule has 2 aromatic carbocycles. The van der Waals surface area contributed by atoms with Crippen molar-refractivity contribution in [3.05, 3.63) is 71.0 Å². The average molecular weight is 391 g/mol. The highest BCUT2D eigenvalue weighted by Crippen LogP contribution is 2.29. The molecule has 27 heavy (non-hydrogen) atoms. The Labute approximate surface area is 163 Å². The van der Waals surface area contributed by atoms with Crippen LogP contribution in [0.25, 0.3) is 0 Å². The van der Waals surface area contributed by atoms with E-state index in [1.165, 1.54) is 11.1 Å². The first-order chi connectivity index (χ1) is 12.8. The smallest absolute Gasteiger partial charge is 0.123 e. The minimum absolute atomic E-state index is 0.0892. The molecule has 1 saturated heterocycles. The van der Waals surface area contributed by atoms with Gasteiger partial charge in [0.25, 0.3) is 0 Å². The summed E-state index contributed by atoms with van der Waals surface area (Å²) in [6.45, 7) is 5.14. The van der Waals surface area contributed by atoms with Crippen molar-refractivity contribution >= 4 is 10.1 Å². The Bertz CT molecular complexity index is 777. The highest BCUT2D eigenvalue weighted by atomic mass is 32.3. The van der Waals surface area contributed by atoms with Gasteiger partial charge in [0.2, 0.25) is 0 Å². The second-order valence-corrected chi connectivity index (χ2v) is 11.0. The van der Waals surface area contributed by atoms with Crippen LogP contribution in [0.3, 0.4) is 0 Å². The van der Waals surface area contributed by atoms with E-state index >= 15 is 0 Å². The molecule has 0 aromatic heterocycles. The highest BCUT2D eigenvalue weighted by molar-refractivity contribution is 7.99. The van der Waals surface area contributed by atoms with Gasteiger partial charge < -0.3 is 0 Å². The standard InChI is InChI=1S/C22H31FN2OS/c1-17(24-27(2,3)26)19-6-4-18(5-7-19)16-25-14-12-21(13-15-25)20-8-10-22(23)11-9-20/h4-11,17,21,27H,12-16H2,1-3H3,(H,24,26)/t17-/m1/s1. The van der Waals surface area contributed by atoms with Crippen LogP contribution in [-0.4, -0.2) is 34.7 Å². The van der Waals surface area contributed by atoms with E-state index in [-0.39, 0.29) is 11.9 Å². The zero-order valence-corrected chi connectivity index (χ0v) is 17.4. The van der Waals surface area contributed by atoms with Crippen molar-refractivity contribution in [1.29, 1.82) is 0 Å². The summed E-state index contributed by atoms with van der Waals surface area (Å²) in [6.07, 6.45) is 5.75. The summed E-state index contributed by atoms with van der Waals surface area (Å²) in [5, 5.41) is 0. The lowest BCUT2D eigenvalue weighted by atomic mass is 9.89. The number of benzene rings is 2. The predicted molar refractivity (Wildman–Crippen MR) is 113 cm³/mol. The topological polar surface area (TPSA) is 32.3 Å². The van der Waals surface area contributed by atoms with E-state index in [4.69, 9.17) is 0 Å². The maximum atomic E-state index is 13.1. The Morgan fingerprint density at radius 1 is 1.07 bits per heavy atom. The molecule has 1 heterocycles. The van der Waals surface area contributed by atoms with Crippen molar-refractivity contribution in [2.75, 3.05) is 25.6 Å². The lowest BCUT2D eigenvalue weighted by Gasteiger charge is -2.32. The maximum absolute atomic E-state index is 13.1. The fourth-order valence-electron chi connectivity index (χ4n) is 3.87. The molecule has 0 aliphatic carbocycles. The summed E-state index contributed by atoms with van der Waals surface area (Å²) >= 11 is 0. The molecule has 0 bridgehead atoms. The first kappa shape index (κ1) is 20.2. The van der Waals surface area contributed by atoms with Crippen LogP contribution in [0.15, 0.2) is 48.5 Å². The molecule has 0 saturated carbocycles. The number of nitrogens with one attached hydrogen (secondary N) is 1. The lowest BCUT2D eigenvalue weighted by Crippen LogP contribution is -2.32. The van der Waals surface area contributed by atoms with Crippen LogP contribution in [-0.2, 0) is 16.7 Å². The van der Waals surface area contributed by atoms with Crippen molar-refractivity contribution in [2.24, 2.45) is 0 Å². The van der Waals surface area contributed by atoms with E-state index in [2.05, 4.69) is 40.8 Å². The van der Waals surface area contributed by atoms with E-state index in [1.54, 1.807) is 24.6 Å².